The molecule has 1 atom stereocenters. The monoisotopic (exact) mass is 296 g/mol. The molecular formula is C16H22ClFN2. The summed E-state index contributed by atoms with van der Waals surface area (Å²) < 4.78 is 14.3. The van der Waals surface area contributed by atoms with Crippen LogP contribution >= 0.6 is 11.6 Å². The highest BCUT2D eigenvalue weighted by molar-refractivity contribution is 6.30. The van der Waals surface area contributed by atoms with Gasteiger partial charge in [-0.3, -0.25) is 4.90 Å². The van der Waals surface area contributed by atoms with E-state index in [9.17, 15) is 4.39 Å². The van der Waals surface area contributed by atoms with Gasteiger partial charge in [-0.1, -0.05) is 23.7 Å². The smallest absolute Gasteiger partial charge is 0.146 e. The quantitative estimate of drug-likeness (QED) is 0.833. The zero-order valence-corrected chi connectivity index (χ0v) is 12.5. The van der Waals surface area contributed by atoms with Gasteiger partial charge in [0, 0.05) is 31.2 Å². The van der Waals surface area contributed by atoms with Gasteiger partial charge in [-0.05, 0) is 43.6 Å². The Kier molecular flexibility index (Phi) is 4.29. The first-order valence-corrected chi connectivity index (χ1v) is 7.95. The molecular weight excluding hydrogens is 275 g/mol. The third-order valence-electron chi connectivity index (χ3n) is 4.38. The van der Waals surface area contributed by atoms with Crippen LogP contribution in [0.1, 0.15) is 37.3 Å². The Balaban J connectivity index is 1.81. The van der Waals surface area contributed by atoms with Crippen LogP contribution in [0.15, 0.2) is 18.2 Å². The average Bonchev–Trinajstić information content (AvgIpc) is 3.31. The number of nitrogens with zero attached hydrogens (tertiary/aromatic N) is 1. The Morgan fingerprint density at radius 1 is 1.20 bits per heavy atom. The molecule has 2 saturated carbocycles. The highest BCUT2D eigenvalue weighted by Crippen LogP contribution is 2.37. The van der Waals surface area contributed by atoms with Crippen LogP contribution in [0.3, 0.4) is 0 Å². The van der Waals surface area contributed by atoms with Crippen molar-refractivity contribution in [1.29, 1.82) is 0 Å². The molecule has 110 valence electrons. The van der Waals surface area contributed by atoms with Crippen molar-refractivity contribution in [3.63, 3.8) is 0 Å². The predicted octanol–water partition coefficient (Wildman–Crippen LogP) is 3.60. The van der Waals surface area contributed by atoms with Crippen LogP contribution in [0.25, 0.3) is 0 Å². The lowest BCUT2D eigenvalue weighted by Gasteiger charge is -2.32. The summed E-state index contributed by atoms with van der Waals surface area (Å²) in [5, 5.41) is 0.193. The van der Waals surface area contributed by atoms with Crippen LogP contribution in [0.4, 0.5) is 4.39 Å². The van der Waals surface area contributed by atoms with Gasteiger partial charge in [0.05, 0.1) is 5.02 Å². The van der Waals surface area contributed by atoms with Crippen molar-refractivity contribution in [3.05, 3.63) is 34.6 Å². The molecule has 3 rings (SSSR count). The normalized spacial score (nSPS) is 20.4. The summed E-state index contributed by atoms with van der Waals surface area (Å²) in [5.74, 6) is 1.26. The van der Waals surface area contributed by atoms with E-state index in [0.29, 0.717) is 12.1 Å². The lowest BCUT2D eigenvalue weighted by molar-refractivity contribution is 0.181. The second kappa shape index (κ2) is 6.00. The van der Waals surface area contributed by atoms with Gasteiger partial charge in [-0.15, -0.1) is 0 Å². The molecule has 0 aliphatic heterocycles. The maximum atomic E-state index is 14.3. The van der Waals surface area contributed by atoms with Crippen LogP contribution in [0.5, 0.6) is 0 Å². The van der Waals surface area contributed by atoms with Gasteiger partial charge in [0.1, 0.15) is 5.82 Å². The summed E-state index contributed by atoms with van der Waals surface area (Å²) in [7, 11) is 0. The standard InChI is InChI=1S/C16H22ClFN2/c17-14-3-1-2-13(16(14)18)15(8-19)20(9-11-4-5-11)10-12-6-7-12/h1-3,11-12,15H,4-10,19H2. The molecule has 0 radical (unpaired) electrons. The fourth-order valence-electron chi connectivity index (χ4n) is 2.84. The first-order valence-electron chi connectivity index (χ1n) is 7.57. The van der Waals surface area contributed by atoms with E-state index in [2.05, 4.69) is 4.90 Å². The molecule has 2 fully saturated rings. The van der Waals surface area contributed by atoms with Gasteiger partial charge in [0.2, 0.25) is 0 Å². The second-order valence-corrected chi connectivity index (χ2v) is 6.64. The zero-order valence-electron chi connectivity index (χ0n) is 11.7. The molecule has 0 bridgehead atoms. The SMILES string of the molecule is NCC(c1cccc(Cl)c1F)N(CC1CC1)CC1CC1. The van der Waals surface area contributed by atoms with Crippen molar-refractivity contribution in [2.24, 2.45) is 17.6 Å². The first-order chi connectivity index (χ1) is 9.69. The summed E-state index contributed by atoms with van der Waals surface area (Å²) in [5.41, 5.74) is 6.62. The van der Waals surface area contributed by atoms with E-state index in [1.807, 2.05) is 12.1 Å². The minimum atomic E-state index is -0.304. The number of rotatable bonds is 7. The fourth-order valence-corrected chi connectivity index (χ4v) is 3.03. The van der Waals surface area contributed by atoms with E-state index in [-0.39, 0.29) is 16.9 Å². The van der Waals surface area contributed by atoms with Crippen molar-refractivity contribution in [1.82, 2.24) is 4.90 Å². The van der Waals surface area contributed by atoms with Crippen LogP contribution in [0.2, 0.25) is 5.02 Å². The number of nitrogens with two attached hydrogens (primary N) is 1. The summed E-state index contributed by atoms with van der Waals surface area (Å²) in [6, 6.07) is 5.19. The number of halogens is 2. The zero-order chi connectivity index (χ0) is 14.1. The van der Waals surface area contributed by atoms with E-state index < -0.39 is 0 Å². The second-order valence-electron chi connectivity index (χ2n) is 6.24. The van der Waals surface area contributed by atoms with Crippen LogP contribution in [-0.2, 0) is 0 Å². The summed E-state index contributed by atoms with van der Waals surface area (Å²) in [6.07, 6.45) is 5.21. The molecule has 1 unspecified atom stereocenters. The third kappa shape index (κ3) is 3.33. The number of hydrogen-bond donors (Lipinski definition) is 1. The molecule has 2 nitrogen and oxygen atoms in total. The van der Waals surface area contributed by atoms with E-state index in [4.69, 9.17) is 17.3 Å². The molecule has 2 N–H and O–H groups in total. The Morgan fingerprint density at radius 2 is 1.80 bits per heavy atom. The Morgan fingerprint density at radius 3 is 2.30 bits per heavy atom. The topological polar surface area (TPSA) is 29.3 Å². The Bertz CT molecular complexity index is 458. The predicted molar refractivity (Wildman–Crippen MR) is 80.2 cm³/mol. The lowest BCUT2D eigenvalue weighted by Crippen LogP contribution is -2.37. The third-order valence-corrected chi connectivity index (χ3v) is 4.68. The first kappa shape index (κ1) is 14.3. The van der Waals surface area contributed by atoms with Crippen molar-refractivity contribution >= 4 is 11.6 Å². The van der Waals surface area contributed by atoms with Crippen LogP contribution in [0, 0.1) is 17.7 Å². The Labute approximate surface area is 125 Å². The van der Waals surface area contributed by atoms with Crippen molar-refractivity contribution < 1.29 is 4.39 Å². The number of benzene rings is 1. The number of hydrogen-bond acceptors (Lipinski definition) is 2. The molecule has 20 heavy (non-hydrogen) atoms. The molecule has 2 aliphatic carbocycles. The summed E-state index contributed by atoms with van der Waals surface area (Å²) >= 11 is 5.92. The van der Waals surface area contributed by atoms with Crippen molar-refractivity contribution in [2.75, 3.05) is 19.6 Å². The van der Waals surface area contributed by atoms with Crippen molar-refractivity contribution in [3.8, 4) is 0 Å². The molecule has 0 saturated heterocycles. The molecule has 2 aliphatic rings. The van der Waals surface area contributed by atoms with E-state index >= 15 is 0 Å². The maximum Gasteiger partial charge on any atom is 0.146 e. The van der Waals surface area contributed by atoms with Crippen LogP contribution in [-0.4, -0.2) is 24.5 Å². The molecule has 1 aromatic rings. The lowest BCUT2D eigenvalue weighted by atomic mass is 10.0. The molecule has 4 heteroatoms. The van der Waals surface area contributed by atoms with E-state index in [1.54, 1.807) is 6.07 Å². The van der Waals surface area contributed by atoms with Gasteiger partial charge in [-0.25, -0.2) is 4.39 Å². The molecule has 0 aromatic heterocycles. The highest BCUT2D eigenvalue weighted by atomic mass is 35.5. The summed E-state index contributed by atoms with van der Waals surface area (Å²) in [4.78, 5) is 2.39. The average molecular weight is 297 g/mol. The molecule has 0 spiro atoms. The Hall–Kier alpha value is -0.640. The van der Waals surface area contributed by atoms with Gasteiger partial charge in [0.25, 0.3) is 0 Å². The van der Waals surface area contributed by atoms with Gasteiger partial charge >= 0.3 is 0 Å². The highest BCUT2D eigenvalue weighted by Gasteiger charge is 2.33. The minimum absolute atomic E-state index is 0.0464. The van der Waals surface area contributed by atoms with Gasteiger partial charge in [-0.2, -0.15) is 0 Å². The summed E-state index contributed by atoms with van der Waals surface area (Å²) in [6.45, 7) is 2.53. The van der Waals surface area contributed by atoms with Gasteiger partial charge in [0.15, 0.2) is 0 Å². The maximum absolute atomic E-state index is 14.3. The minimum Gasteiger partial charge on any atom is -0.329 e. The van der Waals surface area contributed by atoms with Crippen LogP contribution < -0.4 is 5.73 Å². The fraction of sp³-hybridized carbons (Fsp3) is 0.625. The largest absolute Gasteiger partial charge is 0.329 e. The molecule has 1 aromatic carbocycles. The molecule has 0 amide bonds. The van der Waals surface area contributed by atoms with Crippen molar-refractivity contribution in [2.45, 2.75) is 31.7 Å². The molecule has 0 heterocycles. The van der Waals surface area contributed by atoms with E-state index in [0.717, 1.165) is 24.9 Å². The van der Waals surface area contributed by atoms with E-state index in [1.165, 1.54) is 25.7 Å². The van der Waals surface area contributed by atoms with Gasteiger partial charge < -0.3 is 5.73 Å².